The fourth-order valence-electron chi connectivity index (χ4n) is 5.68. The fraction of sp³-hybridized carbons (Fsp3) is 0.375. The molecule has 0 spiro atoms. The first-order chi connectivity index (χ1) is 22.4. The van der Waals surface area contributed by atoms with E-state index in [4.69, 9.17) is 21.1 Å². The van der Waals surface area contributed by atoms with Gasteiger partial charge in [0.1, 0.15) is 23.5 Å². The summed E-state index contributed by atoms with van der Waals surface area (Å²) in [6.07, 6.45) is 10.1. The quantitative estimate of drug-likeness (QED) is 0.158. The summed E-state index contributed by atoms with van der Waals surface area (Å²) in [5.41, 5.74) is 3.11. The van der Waals surface area contributed by atoms with Crippen molar-refractivity contribution in [3.63, 3.8) is 0 Å². The normalized spacial score (nSPS) is 14.2. The van der Waals surface area contributed by atoms with Gasteiger partial charge in [-0.05, 0) is 43.5 Å². The van der Waals surface area contributed by atoms with Crippen LogP contribution in [-0.2, 0) is 11.3 Å². The van der Waals surface area contributed by atoms with Gasteiger partial charge in [0, 0.05) is 49.2 Å². The van der Waals surface area contributed by atoms with Crippen molar-refractivity contribution in [3.05, 3.63) is 59.9 Å². The van der Waals surface area contributed by atoms with Crippen molar-refractivity contribution in [3.8, 4) is 11.5 Å². The van der Waals surface area contributed by atoms with Crippen molar-refractivity contribution < 1.29 is 19.1 Å². The smallest absolute Gasteiger partial charge is 0.324 e. The number of pyridine rings is 1. The molecule has 0 radical (unpaired) electrons. The Morgan fingerprint density at radius 2 is 2.00 bits per heavy atom. The lowest BCUT2D eigenvalue weighted by molar-refractivity contribution is -0.118. The lowest BCUT2D eigenvalue weighted by Gasteiger charge is -2.36. The highest BCUT2D eigenvalue weighted by Crippen LogP contribution is 2.35. The Balaban J connectivity index is 1.21. The molecule has 0 saturated carbocycles. The number of unbranched alkanes of at least 4 members (excludes halogenated alkanes) is 2. The number of carbonyl (C=O) groups excluding carboxylic acids is 2. The van der Waals surface area contributed by atoms with E-state index in [0.29, 0.717) is 70.8 Å². The van der Waals surface area contributed by atoms with Crippen LogP contribution in [0.5, 0.6) is 11.5 Å². The molecule has 1 unspecified atom stereocenters. The molecule has 5 aromatic rings. The van der Waals surface area contributed by atoms with Crippen LogP contribution >= 0.6 is 11.6 Å². The molecule has 240 valence electrons. The summed E-state index contributed by atoms with van der Waals surface area (Å²) in [5, 5.41) is 3.98. The number of hydrogen-bond acceptors (Lipinski definition) is 8. The number of benzene rings is 1. The van der Waals surface area contributed by atoms with E-state index in [1.54, 1.807) is 40.8 Å². The van der Waals surface area contributed by atoms with E-state index in [9.17, 15) is 9.59 Å². The second kappa shape index (κ2) is 13.6. The number of urea groups is 1. The van der Waals surface area contributed by atoms with Crippen molar-refractivity contribution in [1.82, 2.24) is 34.4 Å². The Hall–Kier alpha value is -4.91. The third-order valence-electron chi connectivity index (χ3n) is 8.15. The minimum absolute atomic E-state index is 0.114. The van der Waals surface area contributed by atoms with Gasteiger partial charge in [-0.3, -0.25) is 9.69 Å². The molecule has 2 N–H and O–H groups in total. The first-order valence-electron chi connectivity index (χ1n) is 15.4. The summed E-state index contributed by atoms with van der Waals surface area (Å²) in [7, 11) is 1.61. The second-order valence-electron chi connectivity index (χ2n) is 11.1. The molecule has 5 heterocycles. The number of anilines is 2. The molecular formula is C32H36ClN9O4. The Morgan fingerprint density at radius 1 is 1.13 bits per heavy atom. The number of methoxy groups -OCH3 is 1. The van der Waals surface area contributed by atoms with Crippen LogP contribution in [0.25, 0.3) is 22.2 Å². The zero-order chi connectivity index (χ0) is 32.2. The number of H-pyrrole nitrogens is 1. The molecule has 46 heavy (non-hydrogen) atoms. The van der Waals surface area contributed by atoms with Crippen molar-refractivity contribution in [2.24, 2.45) is 0 Å². The largest absolute Gasteiger partial charge is 0.493 e. The van der Waals surface area contributed by atoms with Crippen LogP contribution in [0.2, 0.25) is 5.02 Å². The summed E-state index contributed by atoms with van der Waals surface area (Å²) >= 11 is 6.78. The highest BCUT2D eigenvalue weighted by Gasteiger charge is 2.29. The van der Waals surface area contributed by atoms with Crippen LogP contribution in [0.15, 0.2) is 49.3 Å². The zero-order valence-corrected chi connectivity index (χ0v) is 26.8. The van der Waals surface area contributed by atoms with Crippen LogP contribution in [0.3, 0.4) is 0 Å². The monoisotopic (exact) mass is 645 g/mol. The van der Waals surface area contributed by atoms with Gasteiger partial charge < -0.3 is 29.2 Å². The number of amides is 3. The van der Waals surface area contributed by atoms with Crippen LogP contribution in [0.4, 0.5) is 16.3 Å². The Morgan fingerprint density at radius 3 is 2.83 bits per heavy atom. The number of halogens is 1. The van der Waals surface area contributed by atoms with Gasteiger partial charge in [0.05, 0.1) is 25.1 Å². The van der Waals surface area contributed by atoms with Crippen molar-refractivity contribution >= 4 is 57.2 Å². The fourth-order valence-corrected chi connectivity index (χ4v) is 5.99. The molecule has 14 heteroatoms. The van der Waals surface area contributed by atoms with Gasteiger partial charge in [-0.25, -0.2) is 24.7 Å². The van der Waals surface area contributed by atoms with Crippen LogP contribution < -0.4 is 19.7 Å². The molecule has 3 amide bonds. The molecule has 1 atom stereocenters. The number of fused-ring (bicyclic) bond motifs is 2. The molecular weight excluding hydrogens is 610 g/mol. The van der Waals surface area contributed by atoms with Crippen molar-refractivity contribution in [2.45, 2.75) is 52.1 Å². The lowest BCUT2D eigenvalue weighted by atomic mass is 10.1. The summed E-state index contributed by atoms with van der Waals surface area (Å²) in [6, 6.07) is 6.67. The predicted octanol–water partition coefficient (Wildman–Crippen LogP) is 5.97. The topological polar surface area (TPSA) is 143 Å². The average Bonchev–Trinajstić information content (AvgIpc) is 3.69. The second-order valence-corrected chi connectivity index (χ2v) is 11.5. The molecule has 0 aliphatic carbocycles. The summed E-state index contributed by atoms with van der Waals surface area (Å²) in [4.78, 5) is 50.6. The number of hydrogen-bond donors (Lipinski definition) is 2. The predicted molar refractivity (Wildman–Crippen MR) is 176 cm³/mol. The zero-order valence-electron chi connectivity index (χ0n) is 26.0. The summed E-state index contributed by atoms with van der Waals surface area (Å²) in [6.45, 7) is 6.00. The van der Waals surface area contributed by atoms with E-state index in [2.05, 4.69) is 37.2 Å². The van der Waals surface area contributed by atoms with Gasteiger partial charge in [0.15, 0.2) is 23.0 Å². The van der Waals surface area contributed by atoms with E-state index in [1.165, 1.54) is 12.7 Å². The maximum absolute atomic E-state index is 13.8. The standard InChI is InChI=1S/C32H36ClN9O4/c1-4-5-6-14-46-25-15-22(8-9-24(25)45-3)41-13-7-12-40(32(41)44)16-21-10-11-34-30-26(21)23(33)17-42(30)20(2)31(43)39-29-27-28(36-18-35-27)37-19-38-29/h8-11,15,17-20H,4-7,12-14,16H2,1-3H3,(H2,35,36,37,38,39,43). The van der Waals surface area contributed by atoms with Crippen LogP contribution in [0, 0.1) is 0 Å². The lowest BCUT2D eigenvalue weighted by Crippen LogP contribution is -2.49. The van der Waals surface area contributed by atoms with Crippen molar-refractivity contribution in [2.75, 3.05) is 37.0 Å². The molecule has 1 fully saturated rings. The maximum Gasteiger partial charge on any atom is 0.324 e. The van der Waals surface area contributed by atoms with Crippen LogP contribution in [0.1, 0.15) is 51.1 Å². The highest BCUT2D eigenvalue weighted by molar-refractivity contribution is 6.35. The number of nitrogens with one attached hydrogen (secondary N) is 2. The number of imidazole rings is 1. The van der Waals surface area contributed by atoms with Gasteiger partial charge in [-0.2, -0.15) is 0 Å². The van der Waals surface area contributed by atoms with E-state index < -0.39 is 6.04 Å². The number of rotatable bonds is 12. The number of aromatic nitrogens is 6. The number of ether oxygens (including phenoxy) is 2. The average molecular weight is 646 g/mol. The van der Waals surface area contributed by atoms with Gasteiger partial charge in [0.25, 0.3) is 0 Å². The number of carbonyl (C=O) groups is 2. The molecule has 1 aliphatic heterocycles. The SMILES string of the molecule is CCCCCOc1cc(N2CCCN(Cc3ccnc4c3c(Cl)cn4C(C)C(=O)Nc3ncnc4nc[nH]c34)C2=O)ccc1OC. The van der Waals surface area contributed by atoms with E-state index in [1.807, 2.05) is 24.3 Å². The first kappa shape index (κ1) is 31.1. The van der Waals surface area contributed by atoms with Crippen LogP contribution in [-0.4, -0.2) is 73.1 Å². The highest BCUT2D eigenvalue weighted by atomic mass is 35.5. The van der Waals surface area contributed by atoms with E-state index >= 15 is 0 Å². The molecule has 0 bridgehead atoms. The Labute approximate surface area is 270 Å². The van der Waals surface area contributed by atoms with Gasteiger partial charge >= 0.3 is 6.03 Å². The molecule has 1 aromatic carbocycles. The third-order valence-corrected chi connectivity index (χ3v) is 8.44. The number of aromatic amines is 1. The van der Waals surface area contributed by atoms with Gasteiger partial charge in [0.2, 0.25) is 5.91 Å². The Bertz CT molecular complexity index is 1870. The first-order valence-corrected chi connectivity index (χ1v) is 15.7. The maximum atomic E-state index is 13.8. The number of nitrogens with zero attached hydrogens (tertiary/aromatic N) is 7. The minimum Gasteiger partial charge on any atom is -0.493 e. The Kier molecular flexibility index (Phi) is 9.20. The molecule has 13 nitrogen and oxygen atoms in total. The molecule has 1 aliphatic rings. The third kappa shape index (κ3) is 6.14. The van der Waals surface area contributed by atoms with E-state index in [-0.39, 0.29) is 11.9 Å². The minimum atomic E-state index is -0.675. The van der Waals surface area contributed by atoms with Gasteiger partial charge in [-0.1, -0.05) is 31.4 Å². The summed E-state index contributed by atoms with van der Waals surface area (Å²) in [5.74, 6) is 1.27. The van der Waals surface area contributed by atoms with Crippen molar-refractivity contribution in [1.29, 1.82) is 0 Å². The molecule has 6 rings (SSSR count). The van der Waals surface area contributed by atoms with E-state index in [0.717, 1.165) is 36.9 Å². The van der Waals surface area contributed by atoms with Gasteiger partial charge in [-0.15, -0.1) is 0 Å². The molecule has 4 aromatic heterocycles. The molecule has 1 saturated heterocycles. The summed E-state index contributed by atoms with van der Waals surface area (Å²) < 4.78 is 13.3.